The van der Waals surface area contributed by atoms with Crippen LogP contribution < -0.4 is 10.3 Å². The molecule has 1 aliphatic rings. The highest BCUT2D eigenvalue weighted by atomic mass is 32.2. The van der Waals surface area contributed by atoms with Gasteiger partial charge >= 0.3 is 6.09 Å². The van der Waals surface area contributed by atoms with Crippen molar-refractivity contribution in [2.75, 3.05) is 12.8 Å². The lowest BCUT2D eigenvalue weighted by molar-refractivity contribution is 0.0604. The minimum absolute atomic E-state index is 0.148. The van der Waals surface area contributed by atoms with Crippen molar-refractivity contribution in [3.05, 3.63) is 52.9 Å². The van der Waals surface area contributed by atoms with Crippen LogP contribution in [-0.4, -0.2) is 54.0 Å². The molecule has 2 atom stereocenters. The Labute approximate surface area is 162 Å². The van der Waals surface area contributed by atoms with E-state index in [4.69, 9.17) is 9.84 Å². The molecule has 1 fully saturated rings. The lowest BCUT2D eigenvalue weighted by atomic mass is 10.0. The Bertz CT molecular complexity index is 1030. The highest BCUT2D eigenvalue weighted by Gasteiger charge is 2.29. The van der Waals surface area contributed by atoms with Gasteiger partial charge in [0.15, 0.2) is 9.84 Å². The summed E-state index contributed by atoms with van der Waals surface area (Å²) in [6, 6.07) is 8.95. The van der Waals surface area contributed by atoms with Crippen molar-refractivity contribution in [2.45, 2.75) is 36.8 Å². The van der Waals surface area contributed by atoms with Crippen LogP contribution in [0, 0.1) is 0 Å². The van der Waals surface area contributed by atoms with Gasteiger partial charge in [-0.2, -0.15) is 0 Å². The molecule has 150 valence electrons. The summed E-state index contributed by atoms with van der Waals surface area (Å²) >= 11 is 0. The normalized spacial score (nSPS) is 20.0. The Morgan fingerprint density at radius 3 is 2.43 bits per heavy atom. The molecule has 0 saturated carbocycles. The average molecular weight is 406 g/mol. The van der Waals surface area contributed by atoms with E-state index < -0.39 is 15.9 Å². The zero-order chi connectivity index (χ0) is 20.5. The van der Waals surface area contributed by atoms with Gasteiger partial charge in [-0.25, -0.2) is 13.2 Å². The Balaban J connectivity index is 1.73. The van der Waals surface area contributed by atoms with Crippen molar-refractivity contribution in [3.63, 3.8) is 0 Å². The van der Waals surface area contributed by atoms with Crippen molar-refractivity contribution in [1.29, 1.82) is 0 Å². The molecule has 2 aromatic rings. The fourth-order valence-corrected chi connectivity index (χ4v) is 3.94. The fourth-order valence-electron chi connectivity index (χ4n) is 3.31. The lowest BCUT2D eigenvalue weighted by Gasteiger charge is -2.35. The molecule has 0 bridgehead atoms. The molecule has 1 N–H and O–H groups in total. The second-order valence-electron chi connectivity index (χ2n) is 6.93. The number of likely N-dealkylation sites (tertiary alicyclic amines) is 1. The molecule has 1 aliphatic heterocycles. The van der Waals surface area contributed by atoms with Crippen molar-refractivity contribution in [2.24, 2.45) is 0 Å². The van der Waals surface area contributed by atoms with Gasteiger partial charge in [0.1, 0.15) is 11.9 Å². The van der Waals surface area contributed by atoms with Gasteiger partial charge in [-0.3, -0.25) is 9.36 Å². The van der Waals surface area contributed by atoms with Gasteiger partial charge in [0.2, 0.25) is 0 Å². The highest BCUT2D eigenvalue weighted by Crippen LogP contribution is 2.22. The van der Waals surface area contributed by atoms with Crippen LogP contribution in [0.3, 0.4) is 0 Å². The molecule has 2 unspecified atom stereocenters. The largest absolute Gasteiger partial charge is 0.490 e. The van der Waals surface area contributed by atoms with Crippen molar-refractivity contribution >= 4 is 15.9 Å². The summed E-state index contributed by atoms with van der Waals surface area (Å²) in [6.45, 7) is 2.23. The topological polar surface area (TPSA) is 106 Å². The number of ether oxygens (including phenoxy) is 1. The van der Waals surface area contributed by atoms with Crippen molar-refractivity contribution < 1.29 is 23.1 Å². The van der Waals surface area contributed by atoms with Crippen LogP contribution in [0.1, 0.15) is 19.8 Å². The Hall–Kier alpha value is -2.81. The first-order chi connectivity index (χ1) is 13.1. The average Bonchev–Trinajstić information content (AvgIpc) is 2.61. The number of amides is 1. The van der Waals surface area contributed by atoms with Gasteiger partial charge in [-0.05, 0) is 37.3 Å². The molecule has 28 heavy (non-hydrogen) atoms. The van der Waals surface area contributed by atoms with E-state index in [0.29, 0.717) is 30.8 Å². The second-order valence-corrected chi connectivity index (χ2v) is 8.94. The summed E-state index contributed by atoms with van der Waals surface area (Å²) in [4.78, 5) is 25.2. The van der Waals surface area contributed by atoms with Crippen LogP contribution in [-0.2, 0) is 9.84 Å². The predicted octanol–water partition coefficient (Wildman–Crippen LogP) is 2.15. The number of carboxylic acid groups (broad SMARTS) is 1. The van der Waals surface area contributed by atoms with Crippen molar-refractivity contribution in [1.82, 2.24) is 9.47 Å². The minimum atomic E-state index is -3.30. The number of hydrogen-bond acceptors (Lipinski definition) is 5. The van der Waals surface area contributed by atoms with Gasteiger partial charge < -0.3 is 14.7 Å². The summed E-state index contributed by atoms with van der Waals surface area (Å²) in [6.07, 6.45) is 2.73. The molecule has 2 heterocycles. The van der Waals surface area contributed by atoms with E-state index in [1.807, 2.05) is 6.92 Å². The Morgan fingerprint density at radius 2 is 1.89 bits per heavy atom. The third-order valence-corrected chi connectivity index (χ3v) is 5.94. The van der Waals surface area contributed by atoms with Gasteiger partial charge in [0, 0.05) is 49.6 Å². The van der Waals surface area contributed by atoms with E-state index in [1.54, 1.807) is 24.4 Å². The molecule has 0 spiro atoms. The monoisotopic (exact) mass is 406 g/mol. The molecule has 0 radical (unpaired) electrons. The number of hydrogen-bond donors (Lipinski definition) is 1. The van der Waals surface area contributed by atoms with Gasteiger partial charge in [-0.15, -0.1) is 0 Å². The van der Waals surface area contributed by atoms with Crippen LogP contribution in [0.15, 0.2) is 52.3 Å². The maximum Gasteiger partial charge on any atom is 0.407 e. The third-order valence-electron chi connectivity index (χ3n) is 4.81. The Kier molecular flexibility index (Phi) is 5.46. The number of benzene rings is 1. The van der Waals surface area contributed by atoms with E-state index in [-0.39, 0.29) is 22.6 Å². The summed E-state index contributed by atoms with van der Waals surface area (Å²) < 4.78 is 30.4. The number of rotatable bonds is 4. The first-order valence-electron chi connectivity index (χ1n) is 8.84. The van der Waals surface area contributed by atoms with Crippen LogP contribution in [0.25, 0.3) is 5.69 Å². The smallest absolute Gasteiger partial charge is 0.407 e. The van der Waals surface area contributed by atoms with E-state index in [0.717, 1.165) is 6.26 Å². The standard InChI is InChI=1S/C19H22N2O6S/c1-13-11-15(7-9-20(13)19(23)24)27-16-8-10-21(18(22)12-16)14-3-5-17(6-4-14)28(2,25)26/h3-6,8,10,12-13,15H,7,9,11H2,1-2H3,(H,23,24). The first-order valence-corrected chi connectivity index (χ1v) is 10.7. The summed E-state index contributed by atoms with van der Waals surface area (Å²) in [5.74, 6) is 0.426. The highest BCUT2D eigenvalue weighted by molar-refractivity contribution is 7.90. The molecule has 1 aromatic heterocycles. The molecule has 3 rings (SSSR count). The number of sulfone groups is 1. The maximum atomic E-state index is 12.4. The molecule has 9 heteroatoms. The minimum Gasteiger partial charge on any atom is -0.490 e. The molecule has 0 aliphatic carbocycles. The van der Waals surface area contributed by atoms with E-state index in [9.17, 15) is 18.0 Å². The van der Waals surface area contributed by atoms with Gasteiger partial charge in [-0.1, -0.05) is 0 Å². The van der Waals surface area contributed by atoms with E-state index in [2.05, 4.69) is 0 Å². The maximum absolute atomic E-state index is 12.4. The fraction of sp³-hybridized carbons (Fsp3) is 0.368. The van der Waals surface area contributed by atoms with Crippen LogP contribution in [0.5, 0.6) is 5.75 Å². The van der Waals surface area contributed by atoms with Crippen LogP contribution in [0.2, 0.25) is 0 Å². The summed E-state index contributed by atoms with van der Waals surface area (Å²) in [5, 5.41) is 9.13. The molecule has 1 saturated heterocycles. The van der Waals surface area contributed by atoms with E-state index >= 15 is 0 Å². The lowest BCUT2D eigenvalue weighted by Crippen LogP contribution is -2.46. The van der Waals surface area contributed by atoms with Gasteiger partial charge in [0.25, 0.3) is 5.56 Å². The van der Waals surface area contributed by atoms with Gasteiger partial charge in [0.05, 0.1) is 4.90 Å². The SMILES string of the molecule is CC1CC(Oc2ccn(-c3ccc(S(C)(=O)=O)cc3)c(=O)c2)CCN1C(=O)O. The molecule has 1 aromatic carbocycles. The number of nitrogens with zero attached hydrogens (tertiary/aromatic N) is 2. The third kappa shape index (κ3) is 4.36. The number of piperidine rings is 1. The quantitative estimate of drug-likeness (QED) is 0.834. The zero-order valence-corrected chi connectivity index (χ0v) is 16.4. The number of aromatic nitrogens is 1. The zero-order valence-electron chi connectivity index (χ0n) is 15.6. The summed E-state index contributed by atoms with van der Waals surface area (Å²) in [5.41, 5.74) is 0.243. The summed E-state index contributed by atoms with van der Waals surface area (Å²) in [7, 11) is -3.30. The van der Waals surface area contributed by atoms with E-state index in [1.165, 1.54) is 27.7 Å². The number of pyridine rings is 1. The molecule has 1 amide bonds. The van der Waals surface area contributed by atoms with Crippen LogP contribution in [0.4, 0.5) is 4.79 Å². The predicted molar refractivity (Wildman–Crippen MR) is 103 cm³/mol. The van der Waals surface area contributed by atoms with Crippen LogP contribution >= 0.6 is 0 Å². The molecular formula is C19H22N2O6S. The number of carbonyl (C=O) groups is 1. The molecular weight excluding hydrogens is 384 g/mol. The Morgan fingerprint density at radius 1 is 1.21 bits per heavy atom. The molecule has 8 nitrogen and oxygen atoms in total. The second kappa shape index (κ2) is 7.67. The first kappa shape index (κ1) is 19.9. The van der Waals surface area contributed by atoms with Crippen molar-refractivity contribution in [3.8, 4) is 11.4 Å².